The SMILES string of the molecule is CCC(=O)Nc1cccc(NC(=O)c2cc(OC)c(Br)c(OC)c2)c1. The summed E-state index contributed by atoms with van der Waals surface area (Å²) in [7, 11) is 3.03. The maximum atomic E-state index is 12.5. The fourth-order valence-corrected chi connectivity index (χ4v) is 2.68. The van der Waals surface area contributed by atoms with Crippen LogP contribution in [0.4, 0.5) is 11.4 Å². The highest BCUT2D eigenvalue weighted by Gasteiger charge is 2.15. The third-order valence-corrected chi connectivity index (χ3v) is 4.21. The Balaban J connectivity index is 2.22. The molecular weight excluding hydrogens is 388 g/mol. The maximum Gasteiger partial charge on any atom is 0.255 e. The molecule has 0 atom stereocenters. The third kappa shape index (κ3) is 4.73. The van der Waals surface area contributed by atoms with E-state index >= 15 is 0 Å². The van der Waals surface area contributed by atoms with Crippen LogP contribution in [0.3, 0.4) is 0 Å². The second kappa shape index (κ2) is 8.53. The van der Waals surface area contributed by atoms with Crippen LogP contribution in [-0.2, 0) is 4.79 Å². The van der Waals surface area contributed by atoms with E-state index in [1.165, 1.54) is 14.2 Å². The van der Waals surface area contributed by atoms with Crippen molar-refractivity contribution in [1.82, 2.24) is 0 Å². The predicted octanol–water partition coefficient (Wildman–Crippen LogP) is 4.07. The number of halogens is 1. The smallest absolute Gasteiger partial charge is 0.255 e. The first-order valence-corrected chi connectivity index (χ1v) is 8.40. The van der Waals surface area contributed by atoms with E-state index < -0.39 is 0 Å². The predicted molar refractivity (Wildman–Crippen MR) is 101 cm³/mol. The van der Waals surface area contributed by atoms with Gasteiger partial charge in [-0.25, -0.2) is 0 Å². The lowest BCUT2D eigenvalue weighted by Crippen LogP contribution is -2.13. The van der Waals surface area contributed by atoms with Crippen molar-refractivity contribution in [1.29, 1.82) is 0 Å². The summed E-state index contributed by atoms with van der Waals surface area (Å²) in [6.45, 7) is 1.77. The Hall–Kier alpha value is -2.54. The topological polar surface area (TPSA) is 76.7 Å². The Bertz CT molecular complexity index is 767. The summed E-state index contributed by atoms with van der Waals surface area (Å²) < 4.78 is 11.1. The molecule has 0 spiro atoms. The average molecular weight is 407 g/mol. The zero-order valence-electron chi connectivity index (χ0n) is 14.2. The van der Waals surface area contributed by atoms with Crippen molar-refractivity contribution in [2.24, 2.45) is 0 Å². The molecule has 2 aromatic rings. The summed E-state index contributed by atoms with van der Waals surface area (Å²) in [6.07, 6.45) is 0.384. The molecule has 0 radical (unpaired) electrons. The first kappa shape index (κ1) is 18.8. The van der Waals surface area contributed by atoms with Crippen LogP contribution in [-0.4, -0.2) is 26.0 Å². The number of carbonyl (C=O) groups excluding carboxylic acids is 2. The molecule has 0 unspecified atom stereocenters. The molecule has 0 bridgehead atoms. The largest absolute Gasteiger partial charge is 0.495 e. The Labute approximate surface area is 154 Å². The lowest BCUT2D eigenvalue weighted by molar-refractivity contribution is -0.115. The molecule has 0 aromatic heterocycles. The van der Waals surface area contributed by atoms with Gasteiger partial charge < -0.3 is 20.1 Å². The van der Waals surface area contributed by atoms with Gasteiger partial charge in [-0.3, -0.25) is 9.59 Å². The molecule has 0 heterocycles. The van der Waals surface area contributed by atoms with Gasteiger partial charge >= 0.3 is 0 Å². The van der Waals surface area contributed by atoms with E-state index in [2.05, 4.69) is 26.6 Å². The molecule has 2 rings (SSSR count). The van der Waals surface area contributed by atoms with Crippen molar-refractivity contribution in [2.45, 2.75) is 13.3 Å². The normalized spacial score (nSPS) is 10.1. The van der Waals surface area contributed by atoms with E-state index in [0.717, 1.165) is 0 Å². The number of carbonyl (C=O) groups is 2. The number of hydrogen-bond acceptors (Lipinski definition) is 4. The molecule has 6 nitrogen and oxygen atoms in total. The number of benzene rings is 2. The van der Waals surface area contributed by atoms with Crippen molar-refractivity contribution in [3.8, 4) is 11.5 Å². The minimum atomic E-state index is -0.317. The van der Waals surface area contributed by atoms with Crippen molar-refractivity contribution >= 4 is 39.1 Å². The number of rotatable bonds is 6. The molecule has 0 saturated carbocycles. The van der Waals surface area contributed by atoms with E-state index in [4.69, 9.17) is 9.47 Å². The summed E-state index contributed by atoms with van der Waals surface area (Å²) >= 11 is 3.37. The molecule has 0 aliphatic rings. The van der Waals surface area contributed by atoms with Gasteiger partial charge in [-0.1, -0.05) is 13.0 Å². The number of amides is 2. The number of ether oxygens (including phenoxy) is 2. The highest BCUT2D eigenvalue weighted by molar-refractivity contribution is 9.10. The third-order valence-electron chi connectivity index (χ3n) is 3.43. The van der Waals surface area contributed by atoms with Crippen LogP contribution in [0.15, 0.2) is 40.9 Å². The van der Waals surface area contributed by atoms with E-state index in [0.29, 0.717) is 39.3 Å². The highest BCUT2D eigenvalue weighted by atomic mass is 79.9. The zero-order chi connectivity index (χ0) is 18.4. The molecule has 0 saturated heterocycles. The van der Waals surface area contributed by atoms with Crippen LogP contribution < -0.4 is 20.1 Å². The number of methoxy groups -OCH3 is 2. The van der Waals surface area contributed by atoms with Crippen molar-refractivity contribution < 1.29 is 19.1 Å². The van der Waals surface area contributed by atoms with Crippen LogP contribution in [0, 0.1) is 0 Å². The van der Waals surface area contributed by atoms with Crippen molar-refractivity contribution in [3.63, 3.8) is 0 Å². The van der Waals surface area contributed by atoms with Crippen LogP contribution in [0.5, 0.6) is 11.5 Å². The second-order valence-electron chi connectivity index (χ2n) is 5.13. The number of nitrogens with one attached hydrogen (secondary N) is 2. The fraction of sp³-hybridized carbons (Fsp3) is 0.222. The first-order valence-electron chi connectivity index (χ1n) is 7.61. The summed E-state index contributed by atoms with van der Waals surface area (Å²) in [5.41, 5.74) is 1.58. The fourth-order valence-electron chi connectivity index (χ4n) is 2.13. The quantitative estimate of drug-likeness (QED) is 0.757. The summed E-state index contributed by atoms with van der Waals surface area (Å²) in [6, 6.07) is 10.2. The van der Waals surface area contributed by atoms with Crippen LogP contribution in [0.25, 0.3) is 0 Å². The monoisotopic (exact) mass is 406 g/mol. The van der Waals surface area contributed by atoms with Gasteiger partial charge in [-0.2, -0.15) is 0 Å². The second-order valence-corrected chi connectivity index (χ2v) is 5.92. The molecule has 0 fully saturated rings. The van der Waals surface area contributed by atoms with E-state index in [1.807, 2.05) is 0 Å². The standard InChI is InChI=1S/C18H19BrN2O4/c1-4-16(22)20-12-6-5-7-13(10-12)21-18(23)11-8-14(24-2)17(19)15(9-11)25-3/h5-10H,4H2,1-3H3,(H,20,22)(H,21,23). The summed E-state index contributed by atoms with van der Waals surface area (Å²) in [4.78, 5) is 24.0. The van der Waals surface area contributed by atoms with Crippen molar-refractivity contribution in [3.05, 3.63) is 46.4 Å². The van der Waals surface area contributed by atoms with Gasteiger partial charge in [0.1, 0.15) is 16.0 Å². The highest BCUT2D eigenvalue weighted by Crippen LogP contribution is 2.35. The molecule has 0 aliphatic heterocycles. The Morgan fingerprint density at radius 1 is 1.00 bits per heavy atom. The molecule has 132 valence electrons. The minimum absolute atomic E-state index is 0.0918. The van der Waals surface area contributed by atoms with Gasteiger partial charge in [-0.05, 0) is 46.3 Å². The molecule has 0 aliphatic carbocycles. The van der Waals surface area contributed by atoms with Gasteiger partial charge in [0.25, 0.3) is 5.91 Å². The molecule has 7 heteroatoms. The lowest BCUT2D eigenvalue weighted by Gasteiger charge is -2.12. The van der Waals surface area contributed by atoms with Crippen LogP contribution >= 0.6 is 15.9 Å². The van der Waals surface area contributed by atoms with E-state index in [-0.39, 0.29) is 11.8 Å². The van der Waals surface area contributed by atoms with Gasteiger partial charge in [0, 0.05) is 23.4 Å². The van der Waals surface area contributed by atoms with Gasteiger partial charge in [0.2, 0.25) is 5.91 Å². The van der Waals surface area contributed by atoms with Crippen LogP contribution in [0.1, 0.15) is 23.7 Å². The number of anilines is 2. The lowest BCUT2D eigenvalue weighted by atomic mass is 10.1. The van der Waals surface area contributed by atoms with Gasteiger partial charge in [0.15, 0.2) is 0 Å². The molecular formula is C18H19BrN2O4. The number of hydrogen-bond donors (Lipinski definition) is 2. The molecule has 2 N–H and O–H groups in total. The van der Waals surface area contributed by atoms with E-state index in [9.17, 15) is 9.59 Å². The Morgan fingerprint density at radius 2 is 1.56 bits per heavy atom. The van der Waals surface area contributed by atoms with Gasteiger partial charge in [-0.15, -0.1) is 0 Å². The molecule has 2 aromatic carbocycles. The Morgan fingerprint density at radius 3 is 2.08 bits per heavy atom. The van der Waals surface area contributed by atoms with E-state index in [1.54, 1.807) is 43.3 Å². The molecule has 25 heavy (non-hydrogen) atoms. The molecule has 2 amide bonds. The Kier molecular flexibility index (Phi) is 6.41. The summed E-state index contributed by atoms with van der Waals surface area (Å²) in [5, 5.41) is 5.55. The van der Waals surface area contributed by atoms with Crippen LogP contribution in [0.2, 0.25) is 0 Å². The maximum absolute atomic E-state index is 12.5. The average Bonchev–Trinajstić information content (AvgIpc) is 2.62. The minimum Gasteiger partial charge on any atom is -0.495 e. The summed E-state index contributed by atoms with van der Waals surface area (Å²) in [5.74, 6) is 0.579. The van der Waals surface area contributed by atoms with Crippen molar-refractivity contribution in [2.75, 3.05) is 24.9 Å². The zero-order valence-corrected chi connectivity index (χ0v) is 15.8. The van der Waals surface area contributed by atoms with Gasteiger partial charge in [0.05, 0.1) is 14.2 Å². The first-order chi connectivity index (χ1) is 12.0.